The monoisotopic (exact) mass is 594 g/mol. The lowest BCUT2D eigenvalue weighted by molar-refractivity contribution is -0.122. The second kappa shape index (κ2) is 11.7. The van der Waals surface area contributed by atoms with Crippen molar-refractivity contribution in [3.63, 3.8) is 0 Å². The van der Waals surface area contributed by atoms with Gasteiger partial charge in [-0.25, -0.2) is 22.7 Å². The van der Waals surface area contributed by atoms with Crippen molar-refractivity contribution >= 4 is 45.0 Å². The number of amides is 3. The number of urea groups is 1. The Bertz CT molecular complexity index is 1640. The molecule has 4 rings (SSSR count). The molecular weight excluding hydrogens is 560 g/mol. The molecule has 0 saturated carbocycles. The van der Waals surface area contributed by atoms with E-state index >= 15 is 0 Å². The highest BCUT2D eigenvalue weighted by molar-refractivity contribution is 7.90. The molecule has 0 bridgehead atoms. The average Bonchev–Trinajstić information content (AvgIpc) is 3.29. The van der Waals surface area contributed by atoms with Crippen LogP contribution >= 0.6 is 0 Å². The number of anilines is 3. The Morgan fingerprint density at radius 1 is 1.02 bits per heavy atom. The number of rotatable bonds is 10. The van der Waals surface area contributed by atoms with Gasteiger partial charge in [-0.2, -0.15) is 0 Å². The lowest BCUT2D eigenvalue weighted by Gasteiger charge is -2.36. The molecule has 0 aromatic heterocycles. The number of nitrogens with one attached hydrogen (secondary N) is 3. The van der Waals surface area contributed by atoms with Crippen LogP contribution in [0.1, 0.15) is 46.0 Å². The fraction of sp³-hybridized carbons (Fsp3) is 0.276. The topological polar surface area (TPSA) is 197 Å². The summed E-state index contributed by atoms with van der Waals surface area (Å²) in [5.74, 6) is -1.67. The van der Waals surface area contributed by atoms with Crippen molar-refractivity contribution in [1.29, 1.82) is 0 Å². The number of carbonyl (C=O) groups is 3. The van der Waals surface area contributed by atoms with Crippen LogP contribution in [0.2, 0.25) is 0 Å². The molecule has 1 atom stereocenters. The van der Waals surface area contributed by atoms with Crippen LogP contribution in [0.5, 0.6) is 0 Å². The zero-order valence-corrected chi connectivity index (χ0v) is 24.3. The number of sulfonamides is 1. The van der Waals surface area contributed by atoms with E-state index in [9.17, 15) is 27.9 Å². The SMILES string of the molecule is CCC1(C(N)=O)Nc2c(cc(C)c(C(=O)O)c2C)N1c1ccc(CCNC(=O)NS(=O)(=O)c2ccc(CN)cc2)cc1. The van der Waals surface area contributed by atoms with Gasteiger partial charge in [0.1, 0.15) is 0 Å². The Kier molecular flexibility index (Phi) is 8.45. The number of carbonyl (C=O) groups excluding carboxylic acids is 2. The van der Waals surface area contributed by atoms with E-state index in [0.29, 0.717) is 41.0 Å². The Morgan fingerprint density at radius 2 is 1.64 bits per heavy atom. The summed E-state index contributed by atoms with van der Waals surface area (Å²) in [6, 6.07) is 14.1. The first kappa shape index (κ1) is 30.3. The Morgan fingerprint density at radius 3 is 2.19 bits per heavy atom. The summed E-state index contributed by atoms with van der Waals surface area (Å²) in [7, 11) is -4.04. The van der Waals surface area contributed by atoms with Crippen molar-refractivity contribution in [2.45, 2.75) is 50.7 Å². The van der Waals surface area contributed by atoms with Crippen LogP contribution < -0.4 is 31.7 Å². The van der Waals surface area contributed by atoms with Gasteiger partial charge in [0.25, 0.3) is 15.9 Å². The second-order valence-electron chi connectivity index (χ2n) is 10.1. The van der Waals surface area contributed by atoms with Gasteiger partial charge in [-0.1, -0.05) is 31.2 Å². The summed E-state index contributed by atoms with van der Waals surface area (Å²) in [6.45, 7) is 5.66. The highest BCUT2D eigenvalue weighted by Crippen LogP contribution is 2.49. The first-order valence-corrected chi connectivity index (χ1v) is 14.8. The number of carboxylic acids is 1. The van der Waals surface area contributed by atoms with Crippen molar-refractivity contribution in [2.24, 2.45) is 11.5 Å². The van der Waals surface area contributed by atoms with Crippen LogP contribution in [0.3, 0.4) is 0 Å². The van der Waals surface area contributed by atoms with E-state index in [-0.39, 0.29) is 23.5 Å². The Balaban J connectivity index is 1.48. The zero-order chi connectivity index (χ0) is 30.8. The van der Waals surface area contributed by atoms with Gasteiger partial charge in [0.2, 0.25) is 0 Å². The molecule has 0 fully saturated rings. The van der Waals surface area contributed by atoms with E-state index in [0.717, 1.165) is 11.1 Å². The predicted molar refractivity (Wildman–Crippen MR) is 159 cm³/mol. The molecule has 42 heavy (non-hydrogen) atoms. The number of hydrogen-bond acceptors (Lipinski definition) is 8. The Hall–Kier alpha value is -4.62. The first-order valence-electron chi connectivity index (χ1n) is 13.3. The number of nitrogens with zero attached hydrogens (tertiary/aromatic N) is 1. The number of aryl methyl sites for hydroxylation is 1. The van der Waals surface area contributed by atoms with Crippen LogP contribution in [-0.2, 0) is 27.8 Å². The van der Waals surface area contributed by atoms with Gasteiger partial charge in [-0.15, -0.1) is 0 Å². The van der Waals surface area contributed by atoms with E-state index < -0.39 is 33.6 Å². The van der Waals surface area contributed by atoms with Crippen LogP contribution in [0.25, 0.3) is 0 Å². The molecule has 1 aliphatic rings. The Labute approximate surface area is 244 Å². The maximum absolute atomic E-state index is 12.8. The van der Waals surface area contributed by atoms with Crippen molar-refractivity contribution < 1.29 is 27.9 Å². The highest BCUT2D eigenvalue weighted by Gasteiger charge is 2.49. The van der Waals surface area contributed by atoms with Gasteiger partial charge in [0, 0.05) is 18.8 Å². The minimum Gasteiger partial charge on any atom is -0.478 e. The van der Waals surface area contributed by atoms with E-state index in [1.54, 1.807) is 36.9 Å². The predicted octanol–water partition coefficient (Wildman–Crippen LogP) is 2.85. The number of fused-ring (bicyclic) bond motifs is 1. The number of aromatic carboxylic acids is 1. The van der Waals surface area contributed by atoms with Gasteiger partial charge in [-0.3, -0.25) is 4.79 Å². The first-order chi connectivity index (χ1) is 19.8. The summed E-state index contributed by atoms with van der Waals surface area (Å²) < 4.78 is 26.9. The van der Waals surface area contributed by atoms with Crippen LogP contribution in [0.15, 0.2) is 59.5 Å². The zero-order valence-electron chi connectivity index (χ0n) is 23.5. The van der Waals surface area contributed by atoms with Crippen molar-refractivity contribution in [3.05, 3.63) is 82.4 Å². The molecule has 222 valence electrons. The third kappa shape index (κ3) is 5.60. The summed E-state index contributed by atoms with van der Waals surface area (Å²) >= 11 is 0. The minimum atomic E-state index is -4.04. The summed E-state index contributed by atoms with van der Waals surface area (Å²) in [4.78, 5) is 38.7. The van der Waals surface area contributed by atoms with Gasteiger partial charge in [0.05, 0.1) is 21.8 Å². The lowest BCUT2D eigenvalue weighted by Crippen LogP contribution is -2.57. The fourth-order valence-electron chi connectivity index (χ4n) is 5.20. The van der Waals surface area contributed by atoms with Gasteiger partial charge < -0.3 is 32.1 Å². The standard InChI is InChI=1S/C29H34N6O6S/c1-4-29(27(31)38)33-25-18(3)24(26(36)37)17(2)15-23(25)35(29)21-9-5-19(6-10-21)13-14-32-28(39)34-42(40,41)22-11-7-20(16-30)8-12-22/h5-12,15,33H,4,13-14,16,30H2,1-3H3,(H2,31,38)(H,36,37)(H2,32,34,39). The average molecular weight is 595 g/mol. The molecule has 3 amide bonds. The van der Waals surface area contributed by atoms with Gasteiger partial charge >= 0.3 is 12.0 Å². The molecule has 1 aliphatic heterocycles. The number of nitrogens with two attached hydrogens (primary N) is 2. The van der Waals surface area contributed by atoms with Crippen LogP contribution in [-0.4, -0.2) is 43.6 Å². The number of hydrogen-bond donors (Lipinski definition) is 6. The molecule has 3 aromatic carbocycles. The molecule has 0 saturated heterocycles. The number of primary amides is 1. The number of benzene rings is 3. The maximum Gasteiger partial charge on any atom is 0.336 e. The smallest absolute Gasteiger partial charge is 0.336 e. The van der Waals surface area contributed by atoms with Crippen molar-refractivity contribution in [1.82, 2.24) is 10.0 Å². The summed E-state index contributed by atoms with van der Waals surface area (Å²) in [5, 5.41) is 15.5. The fourth-order valence-corrected chi connectivity index (χ4v) is 6.13. The third-order valence-electron chi connectivity index (χ3n) is 7.43. The maximum atomic E-state index is 12.8. The van der Waals surface area contributed by atoms with E-state index in [2.05, 4.69) is 10.6 Å². The molecule has 8 N–H and O–H groups in total. The molecule has 0 radical (unpaired) electrons. The van der Waals surface area contributed by atoms with E-state index in [1.165, 1.54) is 12.1 Å². The molecule has 12 nitrogen and oxygen atoms in total. The van der Waals surface area contributed by atoms with Gasteiger partial charge in [0.15, 0.2) is 5.66 Å². The minimum absolute atomic E-state index is 0.0490. The normalized spacial score (nSPS) is 16.0. The van der Waals surface area contributed by atoms with Crippen molar-refractivity contribution in [2.75, 3.05) is 16.8 Å². The van der Waals surface area contributed by atoms with Crippen LogP contribution in [0, 0.1) is 13.8 Å². The van der Waals surface area contributed by atoms with Crippen molar-refractivity contribution in [3.8, 4) is 0 Å². The van der Waals surface area contributed by atoms with Gasteiger partial charge in [-0.05, 0) is 79.3 Å². The molecule has 1 unspecified atom stereocenters. The summed E-state index contributed by atoms with van der Waals surface area (Å²) in [5.41, 5.74) is 14.8. The van der Waals surface area contributed by atoms with Crippen LogP contribution in [0.4, 0.5) is 21.9 Å². The molecule has 3 aromatic rings. The lowest BCUT2D eigenvalue weighted by atomic mass is 9.99. The molecule has 13 heteroatoms. The molecule has 0 spiro atoms. The molecule has 0 aliphatic carbocycles. The molecule has 1 heterocycles. The summed E-state index contributed by atoms with van der Waals surface area (Å²) in [6.07, 6.45) is 0.710. The molecular formula is C29H34N6O6S. The number of carboxylic acid groups (broad SMARTS) is 1. The highest BCUT2D eigenvalue weighted by atomic mass is 32.2. The second-order valence-corrected chi connectivity index (χ2v) is 11.7. The largest absolute Gasteiger partial charge is 0.478 e. The quantitative estimate of drug-likeness (QED) is 0.204. The van der Waals surface area contributed by atoms with E-state index in [4.69, 9.17) is 11.5 Å². The third-order valence-corrected chi connectivity index (χ3v) is 8.78. The van der Waals surface area contributed by atoms with E-state index in [1.807, 2.05) is 35.9 Å².